The lowest BCUT2D eigenvalue weighted by Gasteiger charge is -2.20. The van der Waals surface area contributed by atoms with Crippen LogP contribution in [0.25, 0.3) is 20.8 Å². The van der Waals surface area contributed by atoms with Gasteiger partial charge in [0.05, 0.1) is 15.1 Å². The van der Waals surface area contributed by atoms with E-state index in [2.05, 4.69) is 18.3 Å². The fourth-order valence-electron chi connectivity index (χ4n) is 5.30. The number of hydrogen-bond donors (Lipinski definition) is 1. The van der Waals surface area contributed by atoms with Crippen LogP contribution in [0.2, 0.25) is 0 Å². The molecule has 3 aromatic carbocycles. The largest absolute Gasteiger partial charge is 0.313 e. The maximum atomic E-state index is 13.5. The van der Waals surface area contributed by atoms with Crippen LogP contribution in [0.4, 0.5) is 5.00 Å². The first-order valence-corrected chi connectivity index (χ1v) is 16.9. The zero-order chi connectivity index (χ0) is 28.6. The smallest absolute Gasteiger partial charge is 0.256 e. The van der Waals surface area contributed by atoms with Gasteiger partial charge in [0.15, 0.2) is 0 Å². The van der Waals surface area contributed by atoms with E-state index in [-0.39, 0.29) is 17.3 Å². The molecule has 2 heterocycles. The van der Waals surface area contributed by atoms with Gasteiger partial charge in [-0.1, -0.05) is 56.3 Å². The number of fused-ring (bicyclic) bond motifs is 2. The van der Waals surface area contributed by atoms with E-state index in [4.69, 9.17) is 4.98 Å². The summed E-state index contributed by atoms with van der Waals surface area (Å²) in [5, 5.41) is 4.89. The highest BCUT2D eigenvalue weighted by Gasteiger charge is 2.28. The maximum Gasteiger partial charge on any atom is 0.256 e. The van der Waals surface area contributed by atoms with Gasteiger partial charge in [0.2, 0.25) is 10.0 Å². The molecule has 6 rings (SSSR count). The van der Waals surface area contributed by atoms with Crippen molar-refractivity contribution >= 4 is 53.8 Å². The SMILES string of the molecule is CCN(Cc1ccccc1)S(=O)(=O)c1ccc(C(=O)Nc2sc3c(c2-c2nc4ccccc4s2)CCC(C)C3)cc1. The van der Waals surface area contributed by atoms with E-state index in [9.17, 15) is 13.2 Å². The van der Waals surface area contributed by atoms with Crippen LogP contribution in [0.3, 0.4) is 0 Å². The second kappa shape index (κ2) is 11.5. The number of aromatic nitrogens is 1. The van der Waals surface area contributed by atoms with Crippen molar-refractivity contribution in [2.24, 2.45) is 5.92 Å². The number of anilines is 1. The van der Waals surface area contributed by atoms with Crippen molar-refractivity contribution in [1.82, 2.24) is 9.29 Å². The molecular weight excluding hydrogens is 571 g/mol. The predicted octanol–water partition coefficient (Wildman–Crippen LogP) is 7.61. The summed E-state index contributed by atoms with van der Waals surface area (Å²) in [6.45, 7) is 4.73. The van der Waals surface area contributed by atoms with Crippen LogP contribution in [-0.2, 0) is 29.4 Å². The Bertz CT molecular complexity index is 1780. The number of benzene rings is 3. The number of amides is 1. The molecule has 1 amide bonds. The van der Waals surface area contributed by atoms with Crippen molar-refractivity contribution in [2.45, 2.75) is 44.6 Å². The molecule has 0 spiro atoms. The number of thiazole rings is 1. The Kier molecular flexibility index (Phi) is 7.78. The van der Waals surface area contributed by atoms with Crippen LogP contribution in [0.5, 0.6) is 0 Å². The highest BCUT2D eigenvalue weighted by atomic mass is 32.2. The van der Waals surface area contributed by atoms with Gasteiger partial charge in [0.1, 0.15) is 10.0 Å². The highest BCUT2D eigenvalue weighted by Crippen LogP contribution is 2.47. The van der Waals surface area contributed by atoms with Crippen molar-refractivity contribution < 1.29 is 13.2 Å². The predicted molar refractivity (Wildman–Crippen MR) is 168 cm³/mol. The first-order valence-electron chi connectivity index (χ1n) is 13.8. The molecule has 5 aromatic rings. The number of thiophene rings is 1. The minimum absolute atomic E-state index is 0.169. The molecule has 6 nitrogen and oxygen atoms in total. The van der Waals surface area contributed by atoms with E-state index in [0.29, 0.717) is 18.0 Å². The van der Waals surface area contributed by atoms with Gasteiger partial charge in [0, 0.05) is 29.1 Å². The number of hydrogen-bond acceptors (Lipinski definition) is 6. The molecule has 1 aliphatic rings. The van der Waals surface area contributed by atoms with E-state index in [1.165, 1.54) is 26.9 Å². The third-order valence-corrected chi connectivity index (χ3v) is 11.7. The number of nitrogens with one attached hydrogen (secondary N) is 1. The zero-order valence-corrected chi connectivity index (χ0v) is 25.4. The molecule has 41 heavy (non-hydrogen) atoms. The Hall–Kier alpha value is -3.37. The lowest BCUT2D eigenvalue weighted by Crippen LogP contribution is -2.30. The van der Waals surface area contributed by atoms with E-state index >= 15 is 0 Å². The normalized spacial score (nSPS) is 15.2. The second-order valence-electron chi connectivity index (χ2n) is 10.4. The molecule has 2 aromatic heterocycles. The number of carbonyl (C=O) groups is 1. The first kappa shape index (κ1) is 27.8. The van der Waals surface area contributed by atoms with Crippen LogP contribution < -0.4 is 5.32 Å². The van der Waals surface area contributed by atoms with Crippen LogP contribution in [-0.4, -0.2) is 30.2 Å². The molecule has 0 aliphatic heterocycles. The standard InChI is InChI=1S/C32H31N3O3S3/c1-3-35(20-22-9-5-4-6-10-22)41(37,38)24-16-14-23(15-17-24)30(36)34-32-29(25-18-13-21(2)19-28(25)40-32)31-33-26-11-7-8-12-27(26)39-31/h4-12,14-17,21H,3,13,18-20H2,1-2H3,(H,34,36). The number of para-hydroxylation sites is 1. The van der Waals surface area contributed by atoms with E-state index in [0.717, 1.165) is 50.6 Å². The third kappa shape index (κ3) is 5.59. The van der Waals surface area contributed by atoms with Gasteiger partial charge in [-0.2, -0.15) is 4.31 Å². The summed E-state index contributed by atoms with van der Waals surface area (Å²) in [6, 6.07) is 23.9. The minimum atomic E-state index is -3.72. The number of nitrogens with zero attached hydrogens (tertiary/aromatic N) is 2. The van der Waals surface area contributed by atoms with Crippen molar-refractivity contribution in [3.05, 3.63) is 100 Å². The van der Waals surface area contributed by atoms with Crippen LogP contribution >= 0.6 is 22.7 Å². The van der Waals surface area contributed by atoms with Crippen molar-refractivity contribution in [3.63, 3.8) is 0 Å². The van der Waals surface area contributed by atoms with Gasteiger partial charge in [-0.25, -0.2) is 13.4 Å². The Morgan fingerprint density at radius 3 is 2.46 bits per heavy atom. The maximum absolute atomic E-state index is 13.5. The Morgan fingerprint density at radius 1 is 1.00 bits per heavy atom. The monoisotopic (exact) mass is 601 g/mol. The van der Waals surface area contributed by atoms with Gasteiger partial charge >= 0.3 is 0 Å². The summed E-state index contributed by atoms with van der Waals surface area (Å²) in [6.07, 6.45) is 3.08. The summed E-state index contributed by atoms with van der Waals surface area (Å²) in [4.78, 5) is 19.9. The van der Waals surface area contributed by atoms with Crippen LogP contribution in [0.1, 0.15) is 46.6 Å². The summed E-state index contributed by atoms with van der Waals surface area (Å²) < 4.78 is 29.3. The summed E-state index contributed by atoms with van der Waals surface area (Å²) >= 11 is 3.29. The molecule has 9 heteroatoms. The summed E-state index contributed by atoms with van der Waals surface area (Å²) in [5.41, 5.74) is 4.61. The summed E-state index contributed by atoms with van der Waals surface area (Å²) in [5.74, 6) is 0.339. The zero-order valence-electron chi connectivity index (χ0n) is 23.0. The molecule has 0 saturated carbocycles. The molecular formula is C32H31N3O3S3. The van der Waals surface area contributed by atoms with Gasteiger partial charge in [-0.15, -0.1) is 22.7 Å². The second-order valence-corrected chi connectivity index (χ2v) is 14.5. The van der Waals surface area contributed by atoms with Crippen LogP contribution in [0.15, 0.2) is 83.8 Å². The average molecular weight is 602 g/mol. The quantitative estimate of drug-likeness (QED) is 0.199. The van der Waals surface area contributed by atoms with E-state index in [1.54, 1.807) is 34.8 Å². The third-order valence-electron chi connectivity index (χ3n) is 7.56. The molecule has 1 unspecified atom stereocenters. The van der Waals surface area contributed by atoms with Gasteiger partial charge < -0.3 is 5.32 Å². The highest BCUT2D eigenvalue weighted by molar-refractivity contribution is 7.89. The van der Waals surface area contributed by atoms with Gasteiger partial charge in [-0.3, -0.25) is 4.79 Å². The fraction of sp³-hybridized carbons (Fsp3) is 0.250. The lowest BCUT2D eigenvalue weighted by molar-refractivity contribution is 0.102. The molecule has 1 atom stereocenters. The minimum Gasteiger partial charge on any atom is -0.313 e. The lowest BCUT2D eigenvalue weighted by atomic mass is 9.88. The number of carbonyl (C=O) groups excluding carboxylic acids is 1. The van der Waals surface area contributed by atoms with Crippen LogP contribution in [0, 0.1) is 5.92 Å². The number of rotatable bonds is 8. The van der Waals surface area contributed by atoms with Crippen molar-refractivity contribution in [2.75, 3.05) is 11.9 Å². The molecule has 0 radical (unpaired) electrons. The van der Waals surface area contributed by atoms with Crippen molar-refractivity contribution in [3.8, 4) is 10.6 Å². The van der Waals surface area contributed by atoms with Crippen molar-refractivity contribution in [1.29, 1.82) is 0 Å². The summed E-state index contributed by atoms with van der Waals surface area (Å²) in [7, 11) is -3.72. The molecule has 0 saturated heterocycles. The Morgan fingerprint density at radius 2 is 1.73 bits per heavy atom. The van der Waals surface area contributed by atoms with E-state index < -0.39 is 10.0 Å². The molecule has 0 fully saturated rings. The Labute approximate surface area is 248 Å². The fourth-order valence-corrected chi connectivity index (χ4v) is 9.25. The molecule has 1 N–H and O–H groups in total. The number of sulfonamides is 1. The Balaban J connectivity index is 1.27. The topological polar surface area (TPSA) is 79.4 Å². The van der Waals surface area contributed by atoms with Gasteiger partial charge in [0.25, 0.3) is 5.91 Å². The molecule has 210 valence electrons. The average Bonchev–Trinajstić information content (AvgIpc) is 3.56. The molecule has 0 bridgehead atoms. The first-order chi connectivity index (χ1) is 19.8. The van der Waals surface area contributed by atoms with E-state index in [1.807, 2.05) is 55.5 Å². The van der Waals surface area contributed by atoms with Gasteiger partial charge in [-0.05, 0) is 72.7 Å². The molecule has 1 aliphatic carbocycles.